The maximum absolute atomic E-state index is 13.4. The van der Waals surface area contributed by atoms with Crippen LogP contribution in [0, 0.1) is 22.9 Å². The lowest BCUT2D eigenvalue weighted by Crippen LogP contribution is -2.02. The Hall–Kier alpha value is -1.76. The summed E-state index contributed by atoms with van der Waals surface area (Å²) in [5.41, 5.74) is 0.591. The van der Waals surface area contributed by atoms with Gasteiger partial charge < -0.3 is 0 Å². The summed E-state index contributed by atoms with van der Waals surface area (Å²) in [6, 6.07) is 3.89. The van der Waals surface area contributed by atoms with Gasteiger partial charge in [0.2, 0.25) is 0 Å². The Morgan fingerprint density at radius 3 is 2.76 bits per heavy atom. The van der Waals surface area contributed by atoms with Crippen LogP contribution in [-0.2, 0) is 0 Å². The first kappa shape index (κ1) is 11.7. The number of aryl methyl sites for hydroxylation is 1. The lowest BCUT2D eigenvalue weighted by molar-refractivity contribution is -0.384. The molecule has 0 aliphatic heterocycles. The van der Waals surface area contributed by atoms with Crippen LogP contribution in [0.3, 0.4) is 0 Å². The average Bonchev–Trinajstić information content (AvgIpc) is 2.68. The Morgan fingerprint density at radius 1 is 1.53 bits per heavy atom. The Balaban J connectivity index is 2.67. The minimum absolute atomic E-state index is 0.0526. The monoisotopic (exact) mass is 299 g/mol. The minimum atomic E-state index is -0.573. The van der Waals surface area contributed by atoms with Crippen LogP contribution in [-0.4, -0.2) is 14.7 Å². The number of hydrogen-bond acceptors (Lipinski definition) is 3. The lowest BCUT2D eigenvalue weighted by atomic mass is 10.2. The van der Waals surface area contributed by atoms with Gasteiger partial charge in [0.25, 0.3) is 5.69 Å². The van der Waals surface area contributed by atoms with Crippen molar-refractivity contribution in [3.05, 3.63) is 50.5 Å². The van der Waals surface area contributed by atoms with Crippen molar-refractivity contribution in [3.63, 3.8) is 0 Å². The standard InChI is InChI=1S/C10H7BrFN3O2/c1-6-2-3-14(13-6)9-5-8(12)7(11)4-10(9)15(16)17/h2-5H,1H3. The minimum Gasteiger partial charge on any atom is -0.258 e. The highest BCUT2D eigenvalue weighted by molar-refractivity contribution is 9.10. The van der Waals surface area contributed by atoms with E-state index in [1.54, 1.807) is 19.2 Å². The molecule has 0 fully saturated rings. The number of nitro groups is 1. The molecule has 7 heteroatoms. The molecule has 5 nitrogen and oxygen atoms in total. The van der Waals surface area contributed by atoms with Crippen LogP contribution in [0.2, 0.25) is 0 Å². The van der Waals surface area contributed by atoms with E-state index in [0.717, 1.165) is 12.1 Å². The summed E-state index contributed by atoms with van der Waals surface area (Å²) in [7, 11) is 0. The normalized spacial score (nSPS) is 10.5. The van der Waals surface area contributed by atoms with Gasteiger partial charge in [-0.2, -0.15) is 5.10 Å². The zero-order valence-corrected chi connectivity index (χ0v) is 10.3. The van der Waals surface area contributed by atoms with Crippen molar-refractivity contribution in [1.29, 1.82) is 0 Å². The highest BCUT2D eigenvalue weighted by Gasteiger charge is 2.19. The molecule has 0 aliphatic rings. The molecular formula is C10H7BrFN3O2. The average molecular weight is 300 g/mol. The van der Waals surface area contributed by atoms with Gasteiger partial charge in [0.15, 0.2) is 0 Å². The van der Waals surface area contributed by atoms with Gasteiger partial charge in [-0.25, -0.2) is 9.07 Å². The van der Waals surface area contributed by atoms with Gasteiger partial charge in [-0.05, 0) is 28.9 Å². The predicted octanol–water partition coefficient (Wildman–Crippen LogP) is 2.99. The highest BCUT2D eigenvalue weighted by Crippen LogP contribution is 2.29. The number of aromatic nitrogens is 2. The molecule has 2 aromatic rings. The number of rotatable bonds is 2. The number of nitrogens with zero attached hydrogens (tertiary/aromatic N) is 3. The van der Waals surface area contributed by atoms with E-state index in [1.807, 2.05) is 0 Å². The van der Waals surface area contributed by atoms with Gasteiger partial charge in [0.05, 0.1) is 15.1 Å². The molecule has 0 unspecified atom stereocenters. The fourth-order valence-electron chi connectivity index (χ4n) is 1.40. The van der Waals surface area contributed by atoms with Crippen molar-refractivity contribution < 1.29 is 9.31 Å². The largest absolute Gasteiger partial charge is 0.296 e. The van der Waals surface area contributed by atoms with E-state index in [-0.39, 0.29) is 15.8 Å². The molecule has 0 saturated carbocycles. The van der Waals surface area contributed by atoms with E-state index in [0.29, 0.717) is 5.69 Å². The quantitative estimate of drug-likeness (QED) is 0.632. The van der Waals surface area contributed by atoms with Crippen molar-refractivity contribution in [3.8, 4) is 5.69 Å². The van der Waals surface area contributed by atoms with E-state index in [4.69, 9.17) is 0 Å². The van der Waals surface area contributed by atoms with Crippen LogP contribution in [0.4, 0.5) is 10.1 Å². The Morgan fingerprint density at radius 2 is 2.24 bits per heavy atom. The molecule has 0 bridgehead atoms. The van der Waals surface area contributed by atoms with Gasteiger partial charge in [-0.1, -0.05) is 0 Å². The topological polar surface area (TPSA) is 61.0 Å². The zero-order valence-electron chi connectivity index (χ0n) is 8.72. The molecule has 0 amide bonds. The first-order valence-corrected chi connectivity index (χ1v) is 5.44. The van der Waals surface area contributed by atoms with E-state index >= 15 is 0 Å². The summed E-state index contributed by atoms with van der Waals surface area (Å²) in [6.45, 7) is 1.75. The molecule has 0 radical (unpaired) electrons. The Kier molecular flexibility index (Phi) is 2.93. The first-order valence-electron chi connectivity index (χ1n) is 4.65. The number of benzene rings is 1. The van der Waals surface area contributed by atoms with Crippen LogP contribution in [0.5, 0.6) is 0 Å². The molecule has 0 spiro atoms. The van der Waals surface area contributed by atoms with Gasteiger partial charge in [-0.3, -0.25) is 10.1 Å². The Labute approximate surface area is 104 Å². The summed E-state index contributed by atoms with van der Waals surface area (Å²) >= 11 is 2.92. The molecule has 0 N–H and O–H groups in total. The molecule has 88 valence electrons. The molecule has 0 aliphatic carbocycles. The third-order valence-electron chi connectivity index (χ3n) is 2.18. The van der Waals surface area contributed by atoms with Gasteiger partial charge in [-0.15, -0.1) is 0 Å². The molecule has 1 heterocycles. The molecule has 17 heavy (non-hydrogen) atoms. The number of nitro benzene ring substituents is 1. The number of hydrogen-bond donors (Lipinski definition) is 0. The van der Waals surface area contributed by atoms with Crippen LogP contribution in [0.15, 0.2) is 28.9 Å². The van der Waals surface area contributed by atoms with Crippen LogP contribution in [0.25, 0.3) is 5.69 Å². The Bertz CT molecular complexity index is 597. The predicted molar refractivity (Wildman–Crippen MR) is 62.6 cm³/mol. The van der Waals surface area contributed by atoms with Crippen LogP contribution in [0.1, 0.15) is 5.69 Å². The molecule has 1 aromatic carbocycles. The summed E-state index contributed by atoms with van der Waals surface area (Å²) in [6.07, 6.45) is 1.55. The van der Waals surface area contributed by atoms with Crippen molar-refractivity contribution >= 4 is 21.6 Å². The second-order valence-electron chi connectivity index (χ2n) is 3.41. The second-order valence-corrected chi connectivity index (χ2v) is 4.27. The summed E-state index contributed by atoms with van der Waals surface area (Å²) < 4.78 is 14.7. The van der Waals surface area contributed by atoms with Crippen molar-refractivity contribution in [1.82, 2.24) is 9.78 Å². The molecule has 0 atom stereocenters. The third kappa shape index (κ3) is 2.19. The van der Waals surface area contributed by atoms with Gasteiger partial charge >= 0.3 is 0 Å². The first-order chi connectivity index (χ1) is 7.99. The molecule has 0 saturated heterocycles. The van der Waals surface area contributed by atoms with Crippen molar-refractivity contribution in [2.45, 2.75) is 6.92 Å². The molecule has 1 aromatic heterocycles. The highest BCUT2D eigenvalue weighted by atomic mass is 79.9. The van der Waals surface area contributed by atoms with Gasteiger partial charge in [0.1, 0.15) is 11.5 Å². The summed E-state index contributed by atoms with van der Waals surface area (Å²) in [5, 5.41) is 14.9. The maximum Gasteiger partial charge on any atom is 0.296 e. The maximum atomic E-state index is 13.4. The van der Waals surface area contributed by atoms with Crippen molar-refractivity contribution in [2.24, 2.45) is 0 Å². The zero-order chi connectivity index (χ0) is 12.6. The molecule has 2 rings (SSSR count). The number of halogens is 2. The van der Waals surface area contributed by atoms with E-state index in [1.165, 1.54) is 4.68 Å². The summed E-state index contributed by atoms with van der Waals surface area (Å²) in [4.78, 5) is 10.3. The van der Waals surface area contributed by atoms with E-state index in [9.17, 15) is 14.5 Å². The smallest absolute Gasteiger partial charge is 0.258 e. The SMILES string of the molecule is Cc1ccn(-c2cc(F)c(Br)cc2[N+](=O)[O-])n1. The van der Waals surface area contributed by atoms with E-state index < -0.39 is 10.7 Å². The molecular weight excluding hydrogens is 293 g/mol. The lowest BCUT2D eigenvalue weighted by Gasteiger charge is -2.04. The van der Waals surface area contributed by atoms with Crippen molar-refractivity contribution in [2.75, 3.05) is 0 Å². The fraction of sp³-hybridized carbons (Fsp3) is 0.100. The fourth-order valence-corrected chi connectivity index (χ4v) is 1.74. The van der Waals surface area contributed by atoms with Crippen LogP contribution < -0.4 is 0 Å². The third-order valence-corrected chi connectivity index (χ3v) is 2.79. The second kappa shape index (κ2) is 4.25. The summed E-state index contributed by atoms with van der Waals surface area (Å²) in [5.74, 6) is -0.571. The van der Waals surface area contributed by atoms with Crippen LogP contribution >= 0.6 is 15.9 Å². The van der Waals surface area contributed by atoms with E-state index in [2.05, 4.69) is 21.0 Å². The van der Waals surface area contributed by atoms with Gasteiger partial charge in [0, 0.05) is 18.3 Å².